The van der Waals surface area contributed by atoms with Gasteiger partial charge in [0, 0.05) is 11.1 Å². The molecule has 0 saturated carbocycles. The van der Waals surface area contributed by atoms with E-state index in [9.17, 15) is 0 Å². The van der Waals surface area contributed by atoms with E-state index in [1.807, 2.05) is 13.1 Å². The van der Waals surface area contributed by atoms with Crippen LogP contribution in [0.2, 0.25) is 5.15 Å². The van der Waals surface area contributed by atoms with E-state index in [4.69, 9.17) is 16.8 Å². The largest absolute Gasteiger partial charge is 0.411 e. The van der Waals surface area contributed by atoms with E-state index in [2.05, 4.69) is 10.1 Å². The maximum atomic E-state index is 8.40. The summed E-state index contributed by atoms with van der Waals surface area (Å²) < 4.78 is 1.79. The molecule has 0 amide bonds. The first-order chi connectivity index (χ1) is 6.22. The maximum Gasteiger partial charge on any atom is 0.195 e. The molecule has 2 heterocycles. The Morgan fingerprint density at radius 1 is 1.77 bits per heavy atom. The summed E-state index contributed by atoms with van der Waals surface area (Å²) in [4.78, 5) is 6.03. The summed E-state index contributed by atoms with van der Waals surface area (Å²) in [5.41, 5.74) is 0.600. The van der Waals surface area contributed by atoms with Gasteiger partial charge in [-0.05, 0) is 6.92 Å². The number of aryl methyl sites for hydroxylation is 1. The molecule has 2 rings (SSSR count). The van der Waals surface area contributed by atoms with Crippen LogP contribution in [0.15, 0.2) is 11.4 Å². The Labute approximate surface area is 83.1 Å². The van der Waals surface area contributed by atoms with Crippen LogP contribution in [0.1, 0.15) is 10.6 Å². The van der Waals surface area contributed by atoms with Crippen molar-refractivity contribution in [3.8, 4) is 0 Å². The predicted octanol–water partition coefficient (Wildman–Crippen LogP) is 2.17. The fraction of sp³-hybridized carbons (Fsp3) is 0.143. The standard InChI is InChI=1S/C7H6ClN3OS/c1-4-3-11-5(2-9-12)6(8)10-7(11)13-4/h2-3,12H,1H3/b9-2-. The molecule has 2 aromatic rings. The van der Waals surface area contributed by atoms with Gasteiger partial charge in [-0.15, -0.1) is 11.3 Å². The van der Waals surface area contributed by atoms with E-state index < -0.39 is 0 Å². The quantitative estimate of drug-likeness (QED) is 0.450. The lowest BCUT2D eigenvalue weighted by atomic mass is 10.5. The summed E-state index contributed by atoms with van der Waals surface area (Å²) in [6, 6.07) is 0. The molecule has 0 aliphatic heterocycles. The molecule has 0 atom stereocenters. The van der Waals surface area contributed by atoms with Gasteiger partial charge in [0.05, 0.1) is 6.21 Å². The Kier molecular flexibility index (Phi) is 1.97. The average Bonchev–Trinajstić information content (AvgIpc) is 2.52. The summed E-state index contributed by atoms with van der Waals surface area (Å²) in [7, 11) is 0. The molecule has 0 aliphatic carbocycles. The Hall–Kier alpha value is -1.07. The van der Waals surface area contributed by atoms with E-state index in [0.29, 0.717) is 10.8 Å². The molecule has 13 heavy (non-hydrogen) atoms. The molecular weight excluding hydrogens is 210 g/mol. The molecule has 0 radical (unpaired) electrons. The first-order valence-electron chi connectivity index (χ1n) is 3.54. The van der Waals surface area contributed by atoms with E-state index in [1.165, 1.54) is 17.6 Å². The van der Waals surface area contributed by atoms with Crippen LogP contribution in [0.5, 0.6) is 0 Å². The second-order valence-electron chi connectivity index (χ2n) is 2.53. The normalized spacial score (nSPS) is 11.8. The van der Waals surface area contributed by atoms with Crippen LogP contribution < -0.4 is 0 Å². The van der Waals surface area contributed by atoms with Gasteiger partial charge in [-0.1, -0.05) is 16.8 Å². The van der Waals surface area contributed by atoms with E-state index in [0.717, 1.165) is 9.84 Å². The molecule has 0 bridgehead atoms. The van der Waals surface area contributed by atoms with Crippen molar-refractivity contribution in [2.75, 3.05) is 0 Å². The molecule has 1 N–H and O–H groups in total. The lowest BCUT2D eigenvalue weighted by Gasteiger charge is -1.87. The van der Waals surface area contributed by atoms with Crippen molar-refractivity contribution in [2.45, 2.75) is 6.92 Å². The van der Waals surface area contributed by atoms with Crippen LogP contribution in [-0.2, 0) is 0 Å². The molecule has 6 heteroatoms. The number of oxime groups is 1. The van der Waals surface area contributed by atoms with Gasteiger partial charge in [-0.25, -0.2) is 4.98 Å². The zero-order valence-electron chi connectivity index (χ0n) is 6.73. The highest BCUT2D eigenvalue weighted by Crippen LogP contribution is 2.22. The highest BCUT2D eigenvalue weighted by molar-refractivity contribution is 7.17. The highest BCUT2D eigenvalue weighted by atomic mass is 35.5. The van der Waals surface area contributed by atoms with Gasteiger partial charge in [0.25, 0.3) is 0 Å². The zero-order valence-corrected chi connectivity index (χ0v) is 8.30. The molecule has 0 unspecified atom stereocenters. The number of hydrogen-bond acceptors (Lipinski definition) is 4. The number of aromatic nitrogens is 2. The first kappa shape index (κ1) is 8.52. The van der Waals surface area contributed by atoms with Crippen LogP contribution in [-0.4, -0.2) is 20.8 Å². The number of fused-ring (bicyclic) bond motifs is 1. The summed E-state index contributed by atoms with van der Waals surface area (Å²) >= 11 is 7.35. The van der Waals surface area contributed by atoms with Crippen molar-refractivity contribution in [2.24, 2.45) is 5.16 Å². The minimum absolute atomic E-state index is 0.351. The smallest absolute Gasteiger partial charge is 0.195 e. The Morgan fingerprint density at radius 2 is 2.54 bits per heavy atom. The number of halogens is 1. The molecular formula is C7H6ClN3OS. The average molecular weight is 216 g/mol. The second kappa shape index (κ2) is 3.01. The van der Waals surface area contributed by atoms with Gasteiger partial charge >= 0.3 is 0 Å². The Bertz CT molecular complexity index is 473. The molecule has 0 fully saturated rings. The third-order valence-corrected chi connectivity index (χ3v) is 2.79. The van der Waals surface area contributed by atoms with Crippen molar-refractivity contribution in [1.29, 1.82) is 0 Å². The van der Waals surface area contributed by atoms with Crippen molar-refractivity contribution >= 4 is 34.1 Å². The van der Waals surface area contributed by atoms with E-state index >= 15 is 0 Å². The lowest BCUT2D eigenvalue weighted by Crippen LogP contribution is -1.87. The van der Waals surface area contributed by atoms with Gasteiger partial charge in [0.2, 0.25) is 0 Å². The van der Waals surface area contributed by atoms with Crippen LogP contribution >= 0.6 is 22.9 Å². The summed E-state index contributed by atoms with van der Waals surface area (Å²) in [6.07, 6.45) is 3.17. The summed E-state index contributed by atoms with van der Waals surface area (Å²) in [5.74, 6) is 0. The Morgan fingerprint density at radius 3 is 3.23 bits per heavy atom. The van der Waals surface area contributed by atoms with Crippen molar-refractivity contribution in [1.82, 2.24) is 9.38 Å². The molecule has 0 aromatic carbocycles. The molecule has 4 nitrogen and oxygen atoms in total. The van der Waals surface area contributed by atoms with Gasteiger partial charge in [-0.2, -0.15) is 0 Å². The molecule has 0 saturated heterocycles. The summed E-state index contributed by atoms with van der Waals surface area (Å²) in [5, 5.41) is 11.7. The minimum atomic E-state index is 0.351. The highest BCUT2D eigenvalue weighted by Gasteiger charge is 2.10. The zero-order chi connectivity index (χ0) is 9.42. The Balaban J connectivity index is 2.75. The van der Waals surface area contributed by atoms with Crippen molar-refractivity contribution in [3.63, 3.8) is 0 Å². The predicted molar refractivity (Wildman–Crippen MR) is 52.2 cm³/mol. The third kappa shape index (κ3) is 1.30. The van der Waals surface area contributed by atoms with Gasteiger partial charge in [-0.3, -0.25) is 4.40 Å². The van der Waals surface area contributed by atoms with Crippen molar-refractivity contribution in [3.05, 3.63) is 21.9 Å². The number of rotatable bonds is 1. The monoisotopic (exact) mass is 215 g/mol. The summed E-state index contributed by atoms with van der Waals surface area (Å²) in [6.45, 7) is 1.98. The molecule has 68 valence electrons. The van der Waals surface area contributed by atoms with Crippen LogP contribution in [0, 0.1) is 6.92 Å². The third-order valence-electron chi connectivity index (χ3n) is 1.61. The van der Waals surface area contributed by atoms with Crippen LogP contribution in [0.3, 0.4) is 0 Å². The maximum absolute atomic E-state index is 8.40. The minimum Gasteiger partial charge on any atom is -0.411 e. The van der Waals surface area contributed by atoms with Crippen LogP contribution in [0.4, 0.5) is 0 Å². The second-order valence-corrected chi connectivity index (χ2v) is 4.10. The number of thiazole rings is 1. The first-order valence-corrected chi connectivity index (χ1v) is 4.73. The van der Waals surface area contributed by atoms with Crippen LogP contribution in [0.25, 0.3) is 4.96 Å². The van der Waals surface area contributed by atoms with Gasteiger partial charge in [0.15, 0.2) is 10.1 Å². The van der Waals surface area contributed by atoms with Gasteiger partial charge in [0.1, 0.15) is 5.69 Å². The number of nitrogens with zero attached hydrogens (tertiary/aromatic N) is 3. The van der Waals surface area contributed by atoms with Gasteiger partial charge < -0.3 is 5.21 Å². The number of imidazole rings is 1. The molecule has 0 spiro atoms. The SMILES string of the molecule is Cc1cn2c(/C=N\O)c(Cl)nc2s1. The fourth-order valence-electron chi connectivity index (χ4n) is 1.12. The lowest BCUT2D eigenvalue weighted by molar-refractivity contribution is 0.321. The van der Waals surface area contributed by atoms with E-state index in [1.54, 1.807) is 4.40 Å². The molecule has 0 aliphatic rings. The fourth-order valence-corrected chi connectivity index (χ4v) is 2.22. The van der Waals surface area contributed by atoms with Crippen molar-refractivity contribution < 1.29 is 5.21 Å². The number of hydrogen-bond donors (Lipinski definition) is 1. The van der Waals surface area contributed by atoms with E-state index in [-0.39, 0.29) is 0 Å². The topological polar surface area (TPSA) is 49.9 Å². The molecule has 2 aromatic heterocycles.